The van der Waals surface area contributed by atoms with Gasteiger partial charge in [0, 0.05) is 16.6 Å². The van der Waals surface area contributed by atoms with Gasteiger partial charge in [-0.05, 0) is 29.7 Å². The molecule has 0 spiro atoms. The summed E-state index contributed by atoms with van der Waals surface area (Å²) in [6, 6.07) is 13.1. The van der Waals surface area contributed by atoms with Crippen molar-refractivity contribution in [2.75, 3.05) is 0 Å². The lowest BCUT2D eigenvalue weighted by molar-refractivity contribution is -0.384. The number of benzene rings is 2. The van der Waals surface area contributed by atoms with Gasteiger partial charge in [0.1, 0.15) is 0 Å². The van der Waals surface area contributed by atoms with E-state index in [0.29, 0.717) is 11.1 Å². The van der Waals surface area contributed by atoms with E-state index in [4.69, 9.17) is 0 Å². The van der Waals surface area contributed by atoms with Crippen LogP contribution in [0.5, 0.6) is 0 Å². The van der Waals surface area contributed by atoms with Gasteiger partial charge in [-0.3, -0.25) is 14.9 Å². The lowest BCUT2D eigenvalue weighted by Crippen LogP contribution is -2.14. The Labute approximate surface area is 129 Å². The Kier molecular flexibility index (Phi) is 4.70. The van der Waals surface area contributed by atoms with Crippen LogP contribution in [-0.4, -0.2) is 16.0 Å². The maximum absolute atomic E-state index is 11.5. The number of nitro benzene ring substituents is 1. The van der Waals surface area contributed by atoms with Crippen molar-refractivity contribution in [1.82, 2.24) is 0 Å². The topological polar surface area (TPSA) is 80.4 Å². The van der Waals surface area contributed by atoms with Crippen molar-refractivity contribution >= 4 is 27.6 Å². The minimum Gasteiger partial charge on any atom is -0.481 e. The predicted octanol–water partition coefficient (Wildman–Crippen LogP) is 3.77. The third-order valence-corrected chi connectivity index (χ3v) is 3.66. The van der Waals surface area contributed by atoms with E-state index in [-0.39, 0.29) is 12.1 Å². The van der Waals surface area contributed by atoms with Gasteiger partial charge in [-0.25, -0.2) is 0 Å². The van der Waals surface area contributed by atoms with Gasteiger partial charge in [0.05, 0.1) is 10.8 Å². The standard InChI is InChI=1S/C15H12BrNO4/c16-12-6-4-11(5-7-12)14(15(18)19)9-10-2-1-3-13(8-10)17(20)21/h1-8,14H,9H2,(H,18,19). The van der Waals surface area contributed by atoms with Gasteiger partial charge in [0.25, 0.3) is 5.69 Å². The molecule has 0 radical (unpaired) electrons. The first-order valence-corrected chi connectivity index (χ1v) is 6.98. The quantitative estimate of drug-likeness (QED) is 0.658. The maximum atomic E-state index is 11.5. The lowest BCUT2D eigenvalue weighted by atomic mass is 9.92. The zero-order valence-corrected chi connectivity index (χ0v) is 12.5. The van der Waals surface area contributed by atoms with Crippen LogP contribution in [0.4, 0.5) is 5.69 Å². The molecule has 108 valence electrons. The summed E-state index contributed by atoms with van der Waals surface area (Å²) in [4.78, 5) is 21.7. The smallest absolute Gasteiger partial charge is 0.311 e. The summed E-state index contributed by atoms with van der Waals surface area (Å²) >= 11 is 3.30. The molecule has 2 rings (SSSR count). The number of hydrogen-bond donors (Lipinski definition) is 1. The Morgan fingerprint density at radius 2 is 1.90 bits per heavy atom. The van der Waals surface area contributed by atoms with Crippen molar-refractivity contribution < 1.29 is 14.8 Å². The Bertz CT molecular complexity index is 670. The first kappa shape index (κ1) is 15.2. The molecule has 0 aliphatic rings. The Balaban J connectivity index is 2.28. The van der Waals surface area contributed by atoms with Crippen LogP contribution >= 0.6 is 15.9 Å². The van der Waals surface area contributed by atoms with Gasteiger partial charge in [0.2, 0.25) is 0 Å². The van der Waals surface area contributed by atoms with E-state index in [1.54, 1.807) is 36.4 Å². The predicted molar refractivity (Wildman–Crippen MR) is 81.3 cm³/mol. The number of hydrogen-bond acceptors (Lipinski definition) is 3. The van der Waals surface area contributed by atoms with Crippen LogP contribution in [0.3, 0.4) is 0 Å². The molecule has 0 aliphatic carbocycles. The monoisotopic (exact) mass is 349 g/mol. The van der Waals surface area contributed by atoms with Gasteiger partial charge in [-0.1, -0.05) is 40.2 Å². The number of aliphatic carboxylic acids is 1. The Hall–Kier alpha value is -2.21. The fourth-order valence-electron chi connectivity index (χ4n) is 2.08. The van der Waals surface area contributed by atoms with Crippen LogP contribution in [0.2, 0.25) is 0 Å². The van der Waals surface area contributed by atoms with Crippen LogP contribution in [0, 0.1) is 10.1 Å². The lowest BCUT2D eigenvalue weighted by Gasteiger charge is -2.13. The molecule has 21 heavy (non-hydrogen) atoms. The molecule has 5 nitrogen and oxygen atoms in total. The number of carboxylic acid groups (broad SMARTS) is 1. The highest BCUT2D eigenvalue weighted by molar-refractivity contribution is 9.10. The number of carbonyl (C=O) groups is 1. The first-order valence-electron chi connectivity index (χ1n) is 6.19. The third kappa shape index (κ3) is 3.88. The molecule has 1 N–H and O–H groups in total. The number of nitrogens with zero attached hydrogens (tertiary/aromatic N) is 1. The fraction of sp³-hybridized carbons (Fsp3) is 0.133. The molecule has 0 aliphatic heterocycles. The van der Waals surface area contributed by atoms with Gasteiger partial charge in [-0.2, -0.15) is 0 Å². The van der Waals surface area contributed by atoms with E-state index in [1.807, 2.05) is 0 Å². The Morgan fingerprint density at radius 3 is 2.48 bits per heavy atom. The van der Waals surface area contributed by atoms with Crippen LogP contribution in [0.1, 0.15) is 17.0 Å². The summed E-state index contributed by atoms with van der Waals surface area (Å²) in [6.45, 7) is 0. The average molecular weight is 350 g/mol. The molecule has 1 atom stereocenters. The number of rotatable bonds is 5. The van der Waals surface area contributed by atoms with Crippen LogP contribution < -0.4 is 0 Å². The van der Waals surface area contributed by atoms with Crippen LogP contribution in [-0.2, 0) is 11.2 Å². The highest BCUT2D eigenvalue weighted by Gasteiger charge is 2.21. The summed E-state index contributed by atoms with van der Waals surface area (Å²) in [6.07, 6.45) is 0.207. The number of non-ortho nitro benzene ring substituents is 1. The molecule has 0 amide bonds. The summed E-state index contributed by atoms with van der Waals surface area (Å²) in [5.41, 5.74) is 1.25. The van der Waals surface area contributed by atoms with Crippen molar-refractivity contribution in [2.45, 2.75) is 12.3 Å². The summed E-state index contributed by atoms with van der Waals surface area (Å²) in [5, 5.41) is 20.2. The van der Waals surface area contributed by atoms with E-state index in [1.165, 1.54) is 12.1 Å². The fourth-order valence-corrected chi connectivity index (χ4v) is 2.34. The Morgan fingerprint density at radius 1 is 1.24 bits per heavy atom. The number of carboxylic acids is 1. The maximum Gasteiger partial charge on any atom is 0.311 e. The second-order valence-electron chi connectivity index (χ2n) is 4.57. The minimum atomic E-state index is -0.955. The van der Waals surface area contributed by atoms with Crippen LogP contribution in [0.25, 0.3) is 0 Å². The molecule has 0 saturated heterocycles. The van der Waals surface area contributed by atoms with E-state index >= 15 is 0 Å². The SMILES string of the molecule is O=C(O)C(Cc1cccc([N+](=O)[O-])c1)c1ccc(Br)cc1. The van der Waals surface area contributed by atoms with E-state index in [9.17, 15) is 20.0 Å². The molecule has 2 aromatic carbocycles. The molecular formula is C15H12BrNO4. The van der Waals surface area contributed by atoms with Crippen molar-refractivity contribution in [3.63, 3.8) is 0 Å². The molecule has 0 aromatic heterocycles. The molecule has 0 fully saturated rings. The van der Waals surface area contributed by atoms with Crippen LogP contribution in [0.15, 0.2) is 53.0 Å². The van der Waals surface area contributed by atoms with Crippen molar-refractivity contribution in [2.24, 2.45) is 0 Å². The molecule has 0 saturated carbocycles. The molecule has 6 heteroatoms. The molecule has 0 heterocycles. The van der Waals surface area contributed by atoms with E-state index < -0.39 is 16.8 Å². The zero-order valence-electron chi connectivity index (χ0n) is 10.9. The largest absolute Gasteiger partial charge is 0.481 e. The number of halogens is 1. The summed E-state index contributed by atoms with van der Waals surface area (Å²) in [7, 11) is 0. The minimum absolute atomic E-state index is 0.0348. The number of nitro groups is 1. The van der Waals surface area contributed by atoms with Gasteiger partial charge >= 0.3 is 5.97 Å². The van der Waals surface area contributed by atoms with Crippen molar-refractivity contribution in [3.8, 4) is 0 Å². The molecule has 0 bridgehead atoms. The van der Waals surface area contributed by atoms with E-state index in [2.05, 4.69) is 15.9 Å². The molecule has 1 unspecified atom stereocenters. The highest BCUT2D eigenvalue weighted by atomic mass is 79.9. The normalized spacial score (nSPS) is 11.9. The third-order valence-electron chi connectivity index (χ3n) is 3.13. The average Bonchev–Trinajstić information content (AvgIpc) is 2.46. The second kappa shape index (κ2) is 6.49. The van der Waals surface area contributed by atoms with Gasteiger partial charge < -0.3 is 5.11 Å². The molecule has 2 aromatic rings. The second-order valence-corrected chi connectivity index (χ2v) is 5.49. The van der Waals surface area contributed by atoms with Crippen molar-refractivity contribution in [3.05, 3.63) is 74.2 Å². The van der Waals surface area contributed by atoms with Crippen molar-refractivity contribution in [1.29, 1.82) is 0 Å². The van der Waals surface area contributed by atoms with E-state index in [0.717, 1.165) is 4.47 Å². The zero-order chi connectivity index (χ0) is 15.4. The summed E-state index contributed by atoms with van der Waals surface area (Å²) < 4.78 is 0.866. The molecular weight excluding hydrogens is 338 g/mol. The highest BCUT2D eigenvalue weighted by Crippen LogP contribution is 2.24. The first-order chi connectivity index (χ1) is 9.97. The van der Waals surface area contributed by atoms with Gasteiger partial charge in [-0.15, -0.1) is 0 Å². The summed E-state index contributed by atoms with van der Waals surface area (Å²) in [5.74, 6) is -1.69. The van der Waals surface area contributed by atoms with Gasteiger partial charge in [0.15, 0.2) is 0 Å².